The summed E-state index contributed by atoms with van der Waals surface area (Å²) in [4.78, 5) is 14.1. The van der Waals surface area contributed by atoms with Crippen LogP contribution in [0.5, 0.6) is 0 Å². The van der Waals surface area contributed by atoms with Gasteiger partial charge in [0.1, 0.15) is 0 Å². The molecule has 3 nitrogen and oxygen atoms in total. The summed E-state index contributed by atoms with van der Waals surface area (Å²) in [5, 5.41) is 1.11. The molecule has 0 fully saturated rings. The summed E-state index contributed by atoms with van der Waals surface area (Å²) in [6.07, 6.45) is 8.28. The third kappa shape index (κ3) is 9.41. The number of alkyl halides is 1. The zero-order valence-corrected chi connectivity index (χ0v) is 17.5. The zero-order valence-electron chi connectivity index (χ0n) is 15.9. The average Bonchev–Trinajstić information content (AvgIpc) is 2.64. The summed E-state index contributed by atoms with van der Waals surface area (Å²) in [5.74, 6) is 0.126. The van der Waals surface area contributed by atoms with Gasteiger partial charge in [0, 0.05) is 37.2 Å². The van der Waals surface area contributed by atoms with Gasteiger partial charge in [-0.2, -0.15) is 0 Å². The number of halogens is 1. The highest BCUT2D eigenvalue weighted by atomic mass is 79.9. The summed E-state index contributed by atoms with van der Waals surface area (Å²) in [6.45, 7) is 7.30. The molecule has 0 unspecified atom stereocenters. The number of benzene rings is 1. The van der Waals surface area contributed by atoms with Crippen molar-refractivity contribution in [1.29, 1.82) is 0 Å². The smallest absolute Gasteiger partial charge is 0.253 e. The Bertz CT molecular complexity index is 457. The molecular weight excluding hydrogens is 378 g/mol. The van der Waals surface area contributed by atoms with Gasteiger partial charge in [-0.05, 0) is 63.6 Å². The van der Waals surface area contributed by atoms with Crippen molar-refractivity contribution in [3.05, 3.63) is 35.4 Å². The fourth-order valence-corrected chi connectivity index (χ4v) is 3.19. The zero-order chi connectivity index (χ0) is 18.3. The van der Waals surface area contributed by atoms with Crippen molar-refractivity contribution in [2.24, 2.45) is 0 Å². The lowest BCUT2D eigenvalue weighted by Crippen LogP contribution is -2.30. The van der Waals surface area contributed by atoms with Crippen LogP contribution in [-0.2, 0) is 11.2 Å². The van der Waals surface area contributed by atoms with Gasteiger partial charge in [-0.3, -0.25) is 4.79 Å². The largest absolute Gasteiger partial charge is 0.381 e. The summed E-state index contributed by atoms with van der Waals surface area (Å²) < 4.78 is 5.69. The SMILES string of the molecule is CCN(CC)C(=O)c1ccc(CCCCOCCCCCCBr)cc1. The van der Waals surface area contributed by atoms with Crippen LogP contribution >= 0.6 is 15.9 Å². The Morgan fingerprint density at radius 3 is 2.12 bits per heavy atom. The minimum absolute atomic E-state index is 0.126. The molecule has 0 aliphatic heterocycles. The molecule has 0 bridgehead atoms. The topological polar surface area (TPSA) is 29.5 Å². The van der Waals surface area contributed by atoms with Gasteiger partial charge in [-0.15, -0.1) is 0 Å². The van der Waals surface area contributed by atoms with Gasteiger partial charge in [-0.25, -0.2) is 0 Å². The lowest BCUT2D eigenvalue weighted by atomic mass is 10.1. The quantitative estimate of drug-likeness (QED) is 0.300. The summed E-state index contributed by atoms with van der Waals surface area (Å²) in [7, 11) is 0. The molecule has 0 saturated heterocycles. The molecule has 0 spiro atoms. The number of nitrogens with zero attached hydrogens (tertiary/aromatic N) is 1. The fraction of sp³-hybridized carbons (Fsp3) is 0.667. The number of unbranched alkanes of at least 4 members (excludes halogenated alkanes) is 4. The first-order valence-electron chi connectivity index (χ1n) is 9.74. The predicted octanol–water partition coefficient (Wildman–Crippen LogP) is 5.46. The van der Waals surface area contributed by atoms with Gasteiger partial charge in [-0.1, -0.05) is 40.9 Å². The second-order valence-corrected chi connectivity index (χ2v) is 7.14. The maximum absolute atomic E-state index is 12.3. The minimum atomic E-state index is 0.126. The van der Waals surface area contributed by atoms with E-state index < -0.39 is 0 Å². The molecular formula is C21H34BrNO2. The second-order valence-electron chi connectivity index (χ2n) is 6.35. The fourth-order valence-electron chi connectivity index (χ4n) is 2.79. The molecule has 1 rings (SSSR count). The third-order valence-electron chi connectivity index (χ3n) is 4.43. The Balaban J connectivity index is 2.15. The van der Waals surface area contributed by atoms with Gasteiger partial charge < -0.3 is 9.64 Å². The number of ether oxygens (including phenoxy) is 1. The summed E-state index contributed by atoms with van der Waals surface area (Å²) in [6, 6.07) is 8.09. The van der Waals surface area contributed by atoms with Crippen molar-refractivity contribution in [3.8, 4) is 0 Å². The molecule has 0 aliphatic rings. The molecule has 142 valence electrons. The molecule has 25 heavy (non-hydrogen) atoms. The number of carbonyl (C=O) groups excluding carboxylic acids is 1. The summed E-state index contributed by atoms with van der Waals surface area (Å²) >= 11 is 3.45. The predicted molar refractivity (Wildman–Crippen MR) is 110 cm³/mol. The molecule has 0 radical (unpaired) electrons. The van der Waals surface area contributed by atoms with E-state index in [-0.39, 0.29) is 5.91 Å². The lowest BCUT2D eigenvalue weighted by molar-refractivity contribution is 0.0773. The van der Waals surface area contributed by atoms with Crippen LogP contribution in [0.3, 0.4) is 0 Å². The lowest BCUT2D eigenvalue weighted by Gasteiger charge is -2.18. The normalized spacial score (nSPS) is 10.8. The Kier molecular flexibility index (Phi) is 12.7. The molecule has 0 N–H and O–H groups in total. The highest BCUT2D eigenvalue weighted by Gasteiger charge is 2.11. The monoisotopic (exact) mass is 411 g/mol. The van der Waals surface area contributed by atoms with Gasteiger partial charge in [0.15, 0.2) is 0 Å². The van der Waals surface area contributed by atoms with E-state index in [0.29, 0.717) is 0 Å². The molecule has 1 amide bonds. The number of hydrogen-bond acceptors (Lipinski definition) is 2. The van der Waals surface area contributed by atoms with Crippen LogP contribution in [0.1, 0.15) is 68.3 Å². The molecule has 0 heterocycles. The van der Waals surface area contributed by atoms with Crippen LogP contribution in [0.4, 0.5) is 0 Å². The van der Waals surface area contributed by atoms with Crippen molar-refractivity contribution in [2.45, 2.75) is 58.8 Å². The molecule has 1 aromatic carbocycles. The first kappa shape index (κ1) is 22.2. The van der Waals surface area contributed by atoms with E-state index in [4.69, 9.17) is 4.74 Å². The molecule has 0 atom stereocenters. The van der Waals surface area contributed by atoms with Gasteiger partial charge in [0.05, 0.1) is 0 Å². The standard InChI is InChI=1S/C21H34BrNO2/c1-3-23(4-2)21(24)20-14-12-19(13-15-20)11-7-10-18-25-17-9-6-5-8-16-22/h12-15H,3-11,16-18H2,1-2H3. The van der Waals surface area contributed by atoms with Gasteiger partial charge in [0.25, 0.3) is 5.91 Å². The van der Waals surface area contributed by atoms with E-state index in [2.05, 4.69) is 28.1 Å². The van der Waals surface area contributed by atoms with Crippen LogP contribution < -0.4 is 0 Å². The van der Waals surface area contributed by atoms with Crippen LogP contribution in [0, 0.1) is 0 Å². The molecule has 1 aromatic rings. The van der Waals surface area contributed by atoms with Gasteiger partial charge >= 0.3 is 0 Å². The number of rotatable bonds is 14. The van der Waals surface area contributed by atoms with E-state index in [1.54, 1.807) is 0 Å². The second kappa shape index (κ2) is 14.3. The van der Waals surface area contributed by atoms with E-state index in [0.717, 1.165) is 56.5 Å². The highest BCUT2D eigenvalue weighted by molar-refractivity contribution is 9.09. The van der Waals surface area contributed by atoms with Crippen molar-refractivity contribution in [2.75, 3.05) is 31.6 Å². The maximum atomic E-state index is 12.3. The van der Waals surface area contributed by atoms with Crippen molar-refractivity contribution < 1.29 is 9.53 Å². The Morgan fingerprint density at radius 1 is 0.920 bits per heavy atom. The first-order valence-corrected chi connectivity index (χ1v) is 10.9. The van der Waals surface area contributed by atoms with E-state index >= 15 is 0 Å². The van der Waals surface area contributed by atoms with E-state index in [9.17, 15) is 4.79 Å². The van der Waals surface area contributed by atoms with Crippen molar-refractivity contribution >= 4 is 21.8 Å². The summed E-state index contributed by atoms with van der Waals surface area (Å²) in [5.41, 5.74) is 2.08. The Labute approximate surface area is 162 Å². The number of aryl methyl sites for hydroxylation is 1. The van der Waals surface area contributed by atoms with E-state index in [1.807, 2.05) is 30.9 Å². The van der Waals surface area contributed by atoms with Crippen LogP contribution in [-0.4, -0.2) is 42.4 Å². The Morgan fingerprint density at radius 2 is 1.52 bits per heavy atom. The Hall–Kier alpha value is -0.870. The number of hydrogen-bond donors (Lipinski definition) is 0. The molecule has 4 heteroatoms. The van der Waals surface area contributed by atoms with Crippen LogP contribution in [0.2, 0.25) is 0 Å². The van der Waals surface area contributed by atoms with Crippen molar-refractivity contribution in [1.82, 2.24) is 4.90 Å². The maximum Gasteiger partial charge on any atom is 0.253 e. The molecule has 0 saturated carbocycles. The molecule has 0 aromatic heterocycles. The third-order valence-corrected chi connectivity index (χ3v) is 4.99. The average molecular weight is 412 g/mol. The first-order chi connectivity index (χ1) is 12.2. The molecule has 0 aliphatic carbocycles. The van der Waals surface area contributed by atoms with E-state index in [1.165, 1.54) is 31.2 Å². The van der Waals surface area contributed by atoms with Crippen LogP contribution in [0.25, 0.3) is 0 Å². The number of carbonyl (C=O) groups is 1. The highest BCUT2D eigenvalue weighted by Crippen LogP contribution is 2.10. The van der Waals surface area contributed by atoms with Gasteiger partial charge in [0.2, 0.25) is 0 Å². The van der Waals surface area contributed by atoms with Crippen molar-refractivity contribution in [3.63, 3.8) is 0 Å². The minimum Gasteiger partial charge on any atom is -0.381 e. The number of amides is 1. The van der Waals surface area contributed by atoms with Crippen LogP contribution in [0.15, 0.2) is 24.3 Å².